The Morgan fingerprint density at radius 3 is 1.43 bits per heavy atom. The summed E-state index contributed by atoms with van der Waals surface area (Å²) in [4.78, 5) is 12.8. The van der Waals surface area contributed by atoms with Crippen molar-refractivity contribution in [1.82, 2.24) is 5.32 Å². The van der Waals surface area contributed by atoms with E-state index in [1.165, 1.54) is 51.4 Å². The second-order valence-electron chi connectivity index (χ2n) is 13.3. The molecule has 0 bridgehead atoms. The van der Waals surface area contributed by atoms with Gasteiger partial charge in [0.25, 0.3) is 5.91 Å². The zero-order chi connectivity index (χ0) is 43.9. The van der Waals surface area contributed by atoms with Crippen molar-refractivity contribution in [3.63, 3.8) is 0 Å². The number of aliphatic hydroxyl groups is 5. The van der Waals surface area contributed by atoms with Crippen molar-refractivity contribution in [2.75, 3.05) is 13.2 Å². The van der Waals surface area contributed by atoms with Crippen LogP contribution in [0.2, 0.25) is 0 Å². The Kier molecular flexibility index (Phi) is 31.2. The highest BCUT2D eigenvalue weighted by atomic mass is 16.7. The Morgan fingerprint density at radius 2 is 1.02 bits per heavy atom. The molecular weight excluding hydrogens is 755 g/mol. The monoisotopic (exact) mass is 856 g/mol. The molecule has 0 radical (unpaired) electrons. The molecule has 1 heterocycles. The number of hydrogen-bond acceptors (Lipinski definition) is 8. The topological polar surface area (TPSA) is 149 Å². The highest BCUT2D eigenvalue weighted by Gasteiger charge is 2.44. The Morgan fingerprint density at radius 1 is 0.617 bits per heavy atom. The van der Waals surface area contributed by atoms with Crippen LogP contribution in [0.3, 0.4) is 0 Å². The number of aliphatic hydroxyl groups excluding tert-OH is 5. The third kappa shape index (κ3) is 26.0. The van der Waals surface area contributed by atoms with Crippen molar-refractivity contribution in [2.24, 2.45) is 5.92 Å². The summed E-state index contributed by atoms with van der Waals surface area (Å²) in [6.45, 7) is 4.81. The van der Waals surface area contributed by atoms with Crippen LogP contribution in [-0.4, -0.2) is 87.5 Å². The summed E-state index contributed by atoms with van der Waals surface area (Å²) in [6, 6.07) is -0.788. The van der Waals surface area contributed by atoms with Crippen molar-refractivity contribution in [1.29, 1.82) is 0 Å². The van der Waals surface area contributed by atoms with E-state index in [2.05, 4.69) is 154 Å². The largest absolute Gasteiger partial charge is 0.394 e. The molecule has 8 atom stereocenters. The molecular formula is C51H101NO8. The summed E-state index contributed by atoms with van der Waals surface area (Å²) >= 11 is 0. The van der Waals surface area contributed by atoms with Gasteiger partial charge in [-0.05, 0) is 108 Å². The van der Waals surface area contributed by atoms with Crippen LogP contribution >= 0.6 is 0 Å². The van der Waals surface area contributed by atoms with E-state index in [0.717, 1.165) is 25.7 Å². The smallest absolute Gasteiger partial charge is 0.297 e. The van der Waals surface area contributed by atoms with Gasteiger partial charge in [-0.25, -0.2) is 0 Å². The molecule has 0 spiro atoms. The molecule has 1 rings (SSSR count). The Labute approximate surface area is 394 Å². The lowest BCUT2D eigenvalue weighted by atomic mass is 9.92. The van der Waals surface area contributed by atoms with Crippen LogP contribution in [0.4, 0.5) is 0 Å². The molecule has 0 aromatic carbocycles. The second kappa shape index (κ2) is 36.0. The first-order valence-corrected chi connectivity index (χ1v) is 20.1. The molecule has 1 fully saturated rings. The van der Waals surface area contributed by atoms with E-state index >= 15 is 0 Å². The van der Waals surface area contributed by atoms with Crippen molar-refractivity contribution < 1.29 is 74.0 Å². The van der Waals surface area contributed by atoms with Gasteiger partial charge in [-0.2, -0.15) is 0 Å². The molecule has 9 heteroatoms. The van der Waals surface area contributed by atoms with Crippen LogP contribution in [0, 0.1) is 148 Å². The van der Waals surface area contributed by atoms with Crippen LogP contribution in [0.15, 0.2) is 0 Å². The summed E-state index contributed by atoms with van der Waals surface area (Å²) in [7, 11) is 0. The maximum absolute atomic E-state index is 12.8. The van der Waals surface area contributed by atoms with Gasteiger partial charge in [-0.15, -0.1) is 0 Å². The number of rotatable bonds is 20. The fourth-order valence-corrected chi connectivity index (χ4v) is 5.43. The molecule has 0 saturated carbocycles. The van der Waals surface area contributed by atoms with E-state index in [0.29, 0.717) is 6.42 Å². The summed E-state index contributed by atoms with van der Waals surface area (Å²) in [5.41, 5.74) is 0. The molecule has 5 unspecified atom stereocenters. The van der Waals surface area contributed by atoms with Crippen molar-refractivity contribution >= 4 is 5.91 Å². The van der Waals surface area contributed by atoms with E-state index < -0.39 is 61.3 Å². The van der Waals surface area contributed by atoms with E-state index in [1.807, 2.05) is 0 Å². The fourth-order valence-electron chi connectivity index (χ4n) is 5.43. The van der Waals surface area contributed by atoms with Gasteiger partial charge >= 0.3 is 0 Å². The molecule has 9 nitrogen and oxygen atoms in total. The summed E-state index contributed by atoms with van der Waals surface area (Å²) in [5.74, 6) is 58.7. The second-order valence-corrected chi connectivity index (χ2v) is 13.3. The maximum Gasteiger partial charge on any atom is 0.297 e. The Bertz CT molecular complexity index is 2210. The molecule has 1 aliphatic rings. The predicted octanol–water partition coefficient (Wildman–Crippen LogP) is 8.34. The number of nitrogens with one attached hydrogen (secondary N) is 1. The number of carbonyl (C=O) groups is 1. The number of carbonyl (C=O) groups excluding carboxylic acids is 1. The Hall–Kier alpha value is -6.09. The zero-order valence-corrected chi connectivity index (χ0v) is 34.7. The third-order valence-corrected chi connectivity index (χ3v) is 8.81. The van der Waals surface area contributed by atoms with Gasteiger partial charge in [0, 0.05) is 81.6 Å². The van der Waals surface area contributed by atoms with E-state index in [9.17, 15) is 30.3 Å². The highest BCUT2D eigenvalue weighted by molar-refractivity contribution is 5.94. The first-order valence-electron chi connectivity index (χ1n) is 20.1. The normalized spacial score (nSPS) is 17.8. The van der Waals surface area contributed by atoms with Crippen LogP contribution in [0.1, 0.15) is 138 Å². The van der Waals surface area contributed by atoms with Gasteiger partial charge in [0.05, 0.1) is 25.4 Å². The maximum atomic E-state index is 12.8. The minimum absolute atomic E-state index is 0. The van der Waals surface area contributed by atoms with Crippen molar-refractivity contribution in [2.45, 2.75) is 147 Å². The molecule has 0 aliphatic carbocycles. The van der Waals surface area contributed by atoms with Crippen LogP contribution in [0.5, 0.6) is 0 Å². The van der Waals surface area contributed by atoms with E-state index in [-0.39, 0.29) is 40.8 Å². The van der Waals surface area contributed by atoms with E-state index in [4.69, 9.17) is 9.47 Å². The summed E-state index contributed by atoms with van der Waals surface area (Å²) in [6.07, 6.45) is 6.68. The minimum atomic E-state index is -1.63. The van der Waals surface area contributed by atoms with Gasteiger partial charge in [-0.3, -0.25) is 4.79 Å². The van der Waals surface area contributed by atoms with Crippen LogP contribution in [0.25, 0.3) is 0 Å². The van der Waals surface area contributed by atoms with Gasteiger partial charge in [0.2, 0.25) is 0 Å². The average molecular weight is 856 g/mol. The number of ether oxygens (including phenoxy) is 2. The lowest BCUT2D eigenvalue weighted by Gasteiger charge is -2.40. The van der Waals surface area contributed by atoms with Gasteiger partial charge < -0.3 is 40.3 Å². The number of amides is 1. The SMILES string of the molecule is CC#CC#CC#CC#CC#CC#CC#CC#CC#CC#CC#CC#CC(=O)N[C@@H](COC1OC(CO)C(O)C(O)C1O)[C@H](C)[C@H](O)CCCCCCCCCCCCCC.[HH].[HH].[HH].[HH].[HH].[HH].[HH].[HH].[HH].[HH].[HH].[HH].[HH].[HH].[HH].[HH].[HH].[HH].[HH].[HH].[HH].[HH].[HH].[HH]. The first kappa shape index (κ1) is 51.9. The minimum Gasteiger partial charge on any atom is -0.394 e. The molecule has 6 N–H and O–H groups in total. The van der Waals surface area contributed by atoms with Gasteiger partial charge in [-0.1, -0.05) is 96.8 Å². The fraction of sp³-hybridized carbons (Fsp3) is 0.510. The molecule has 0 aromatic rings. The van der Waals surface area contributed by atoms with E-state index in [1.54, 1.807) is 13.8 Å². The molecule has 1 amide bonds. The quantitative estimate of drug-likeness (QED) is 0.0529. The standard InChI is InChI=1S/C51H53NO8.24H2/c1-4-6-8-10-12-14-16-18-19-20-21-22-23-24-25-26-27-28-30-32-34-36-38-40-47(55)52-44(42-59-51-50(58)49(57)48(56)46(41-53)60-51)43(3)45(54)39-37-35-33-31-29-17-15-13-11-9-7-5-2;;;;;;;;;;;;;;;;;;;;;;;;/h43-46,48-51,53-54,56-58H,5,7,9,11,13,15,17,29,31,33,35,37,39,41-42H2,1-3H3,(H,52,55);24*1H/t43-,44-,45+,46?,48?,49?,50?,51?;;;;;;;;;;;;;;;;;;;;;;;;/m0......................../s1. The average Bonchev–Trinajstić information content (AvgIpc) is 3.25. The number of unbranched alkanes of at least 4 members (excludes halogenated alkanes) is 11. The Balaban J connectivity index is -0.0000000682. The van der Waals surface area contributed by atoms with Gasteiger partial charge in [0.1, 0.15) is 24.4 Å². The molecule has 0 aromatic heterocycles. The number of hydrogen-bond donors (Lipinski definition) is 6. The summed E-state index contributed by atoms with van der Waals surface area (Å²) < 4.78 is 11.2. The van der Waals surface area contributed by atoms with Crippen LogP contribution in [-0.2, 0) is 14.3 Å². The molecule has 1 aliphatic heterocycles. The third-order valence-electron chi connectivity index (χ3n) is 8.81. The lowest BCUT2D eigenvalue weighted by Crippen LogP contribution is -2.60. The van der Waals surface area contributed by atoms with Gasteiger partial charge in [0.15, 0.2) is 6.29 Å². The molecule has 1 saturated heterocycles. The summed E-state index contributed by atoms with van der Waals surface area (Å²) in [5, 5.41) is 54.0. The molecule has 358 valence electrons. The lowest BCUT2D eigenvalue weighted by molar-refractivity contribution is -0.302. The van der Waals surface area contributed by atoms with Crippen LogP contribution < -0.4 is 5.32 Å². The predicted molar refractivity (Wildman–Crippen MR) is 282 cm³/mol. The molecule has 60 heavy (non-hydrogen) atoms. The first-order chi connectivity index (χ1) is 29.3. The van der Waals surface area contributed by atoms with Crippen molar-refractivity contribution in [3.05, 3.63) is 0 Å². The zero-order valence-electron chi connectivity index (χ0n) is 34.7. The highest BCUT2D eigenvalue weighted by Crippen LogP contribution is 2.24. The van der Waals surface area contributed by atoms with Crippen molar-refractivity contribution in [3.8, 4) is 142 Å².